The van der Waals surface area contributed by atoms with Gasteiger partial charge in [0.05, 0.1) is 25.6 Å². The van der Waals surface area contributed by atoms with E-state index in [0.717, 1.165) is 34.0 Å². The van der Waals surface area contributed by atoms with E-state index in [1.807, 2.05) is 24.5 Å². The van der Waals surface area contributed by atoms with Crippen LogP contribution in [0.25, 0.3) is 33.6 Å². The van der Waals surface area contributed by atoms with Crippen LogP contribution >= 0.6 is 0 Å². The predicted octanol–water partition coefficient (Wildman–Crippen LogP) is 6.73. The molecule has 0 N–H and O–H groups in total. The monoisotopic (exact) mass is 424 g/mol. The van der Waals surface area contributed by atoms with E-state index in [0.29, 0.717) is 0 Å². The van der Waals surface area contributed by atoms with Crippen LogP contribution in [-0.4, -0.2) is 24.2 Å². The minimum Gasteiger partial charge on any atom is -0.497 e. The molecule has 0 fully saturated rings. The summed E-state index contributed by atoms with van der Waals surface area (Å²) in [5.74, 6) is 1.75. The number of hydrogen-bond acceptors (Lipinski definition) is 4. The molecule has 0 spiro atoms. The maximum Gasteiger partial charge on any atom is 0.119 e. The first kappa shape index (κ1) is 21.6. The van der Waals surface area contributed by atoms with Gasteiger partial charge >= 0.3 is 0 Å². The Morgan fingerprint density at radius 3 is 1.19 bits per heavy atom. The molecule has 0 amide bonds. The van der Waals surface area contributed by atoms with Crippen molar-refractivity contribution in [3.8, 4) is 45.1 Å². The summed E-state index contributed by atoms with van der Waals surface area (Å²) in [5.41, 5.74) is 11.0. The number of pyridine rings is 2. The fraction of sp³-hybridized carbons (Fsp3) is 0.214. The Morgan fingerprint density at radius 1 is 0.531 bits per heavy atom. The molecule has 0 unspecified atom stereocenters. The molecule has 0 aliphatic rings. The molecule has 0 atom stereocenters. The van der Waals surface area contributed by atoms with Gasteiger partial charge in [-0.15, -0.1) is 0 Å². The molecule has 2 aromatic carbocycles. The zero-order valence-corrected chi connectivity index (χ0v) is 19.5. The van der Waals surface area contributed by atoms with Gasteiger partial charge in [-0.05, 0) is 121 Å². The fourth-order valence-corrected chi connectivity index (χ4v) is 4.45. The van der Waals surface area contributed by atoms with Crippen LogP contribution in [0.15, 0.2) is 60.9 Å². The largest absolute Gasteiger partial charge is 0.497 e. The summed E-state index contributed by atoms with van der Waals surface area (Å²) in [6.07, 6.45) is 3.71. The van der Waals surface area contributed by atoms with Crippen LogP contribution in [0.3, 0.4) is 0 Å². The van der Waals surface area contributed by atoms with Crippen molar-refractivity contribution in [2.75, 3.05) is 14.2 Å². The van der Waals surface area contributed by atoms with Gasteiger partial charge in [0, 0.05) is 12.4 Å². The van der Waals surface area contributed by atoms with E-state index in [1.54, 1.807) is 14.2 Å². The number of ether oxygens (including phenoxy) is 2. The molecule has 162 valence electrons. The molecule has 4 aromatic rings. The van der Waals surface area contributed by atoms with E-state index in [-0.39, 0.29) is 0 Å². The summed E-state index contributed by atoms with van der Waals surface area (Å²) < 4.78 is 10.8. The van der Waals surface area contributed by atoms with Crippen LogP contribution in [0.5, 0.6) is 11.5 Å². The van der Waals surface area contributed by atoms with Crippen molar-refractivity contribution >= 4 is 0 Å². The van der Waals surface area contributed by atoms with Gasteiger partial charge in [0.2, 0.25) is 0 Å². The van der Waals surface area contributed by atoms with Crippen molar-refractivity contribution in [1.82, 2.24) is 9.97 Å². The fourth-order valence-electron chi connectivity index (χ4n) is 4.45. The molecular weight excluding hydrogens is 396 g/mol. The quantitative estimate of drug-likeness (QED) is 0.356. The smallest absolute Gasteiger partial charge is 0.119 e. The van der Waals surface area contributed by atoms with E-state index in [2.05, 4.69) is 74.1 Å². The van der Waals surface area contributed by atoms with Gasteiger partial charge in [-0.1, -0.05) is 0 Å². The van der Waals surface area contributed by atoms with E-state index < -0.39 is 0 Å². The second kappa shape index (κ2) is 8.83. The van der Waals surface area contributed by atoms with Gasteiger partial charge in [-0.3, -0.25) is 9.97 Å². The first-order valence-corrected chi connectivity index (χ1v) is 10.6. The lowest BCUT2D eigenvalue weighted by atomic mass is 9.94. The van der Waals surface area contributed by atoms with Gasteiger partial charge in [0.1, 0.15) is 11.5 Å². The topological polar surface area (TPSA) is 44.2 Å². The lowest BCUT2D eigenvalue weighted by Gasteiger charge is -2.14. The number of hydrogen-bond donors (Lipinski definition) is 0. The number of nitrogens with zero attached hydrogens (tertiary/aromatic N) is 2. The second-order valence-corrected chi connectivity index (χ2v) is 8.13. The molecule has 0 saturated heterocycles. The van der Waals surface area contributed by atoms with Gasteiger partial charge in [-0.2, -0.15) is 0 Å². The van der Waals surface area contributed by atoms with Gasteiger partial charge < -0.3 is 9.47 Å². The van der Waals surface area contributed by atoms with E-state index in [9.17, 15) is 0 Å². The molecule has 32 heavy (non-hydrogen) atoms. The summed E-state index contributed by atoms with van der Waals surface area (Å²) in [7, 11) is 3.40. The highest BCUT2D eigenvalue weighted by Crippen LogP contribution is 2.34. The molecule has 0 radical (unpaired) electrons. The van der Waals surface area contributed by atoms with Crippen molar-refractivity contribution in [2.45, 2.75) is 27.7 Å². The van der Waals surface area contributed by atoms with Crippen molar-refractivity contribution in [1.29, 1.82) is 0 Å². The molecule has 0 bridgehead atoms. The third-order valence-electron chi connectivity index (χ3n) is 5.84. The summed E-state index contributed by atoms with van der Waals surface area (Å²) >= 11 is 0. The number of methoxy groups -OCH3 is 2. The third-order valence-corrected chi connectivity index (χ3v) is 5.84. The van der Waals surface area contributed by atoms with E-state index >= 15 is 0 Å². The van der Waals surface area contributed by atoms with E-state index in [1.165, 1.54) is 33.4 Å². The number of aryl methyl sites for hydroxylation is 4. The lowest BCUT2D eigenvalue weighted by Crippen LogP contribution is -1.95. The van der Waals surface area contributed by atoms with E-state index in [4.69, 9.17) is 9.47 Å². The van der Waals surface area contributed by atoms with Crippen LogP contribution in [0.1, 0.15) is 22.3 Å². The second-order valence-electron chi connectivity index (χ2n) is 8.13. The number of aromatic nitrogens is 2. The molecule has 0 aliphatic carbocycles. The molecule has 0 aliphatic heterocycles. The first-order valence-electron chi connectivity index (χ1n) is 10.6. The summed E-state index contributed by atoms with van der Waals surface area (Å²) in [4.78, 5) is 9.26. The van der Waals surface area contributed by atoms with Gasteiger partial charge in [-0.25, -0.2) is 0 Å². The van der Waals surface area contributed by atoms with Gasteiger partial charge in [0.15, 0.2) is 0 Å². The van der Waals surface area contributed by atoms with Crippen LogP contribution < -0.4 is 9.47 Å². The van der Waals surface area contributed by atoms with Crippen molar-refractivity contribution < 1.29 is 9.47 Å². The van der Waals surface area contributed by atoms with Crippen LogP contribution in [0.2, 0.25) is 0 Å². The molecule has 2 aromatic heterocycles. The Balaban J connectivity index is 1.78. The SMILES string of the molecule is COc1cc(C)c(-c2ccnc(-c3cc(-c4c(C)cc(OC)cc4C)ccn3)c2)c(C)c1. The van der Waals surface area contributed by atoms with Crippen molar-refractivity contribution in [3.63, 3.8) is 0 Å². The maximum absolute atomic E-state index is 5.42. The highest BCUT2D eigenvalue weighted by atomic mass is 16.5. The zero-order valence-electron chi connectivity index (χ0n) is 19.5. The molecule has 4 rings (SSSR count). The summed E-state index contributed by atoms with van der Waals surface area (Å²) in [6, 6.07) is 16.6. The minimum absolute atomic E-state index is 0.850. The first-order chi connectivity index (χ1) is 15.4. The Kier molecular flexibility index (Phi) is 5.95. The maximum atomic E-state index is 5.42. The summed E-state index contributed by atoms with van der Waals surface area (Å²) in [5, 5.41) is 0. The Bertz CT molecular complexity index is 1150. The molecule has 4 heteroatoms. The van der Waals surface area contributed by atoms with Crippen molar-refractivity contribution in [2.24, 2.45) is 0 Å². The highest BCUT2D eigenvalue weighted by molar-refractivity contribution is 5.78. The Hall–Kier alpha value is -3.66. The highest BCUT2D eigenvalue weighted by Gasteiger charge is 2.13. The average Bonchev–Trinajstić information content (AvgIpc) is 2.78. The Labute approximate surface area is 189 Å². The number of rotatable bonds is 5. The van der Waals surface area contributed by atoms with Gasteiger partial charge in [0.25, 0.3) is 0 Å². The van der Waals surface area contributed by atoms with Crippen molar-refractivity contribution in [3.05, 3.63) is 83.2 Å². The molecule has 4 nitrogen and oxygen atoms in total. The lowest BCUT2D eigenvalue weighted by molar-refractivity contribution is 0.414. The predicted molar refractivity (Wildman–Crippen MR) is 130 cm³/mol. The zero-order chi connectivity index (χ0) is 22.8. The minimum atomic E-state index is 0.850. The summed E-state index contributed by atoms with van der Waals surface area (Å²) in [6.45, 7) is 8.44. The molecule has 2 heterocycles. The van der Waals surface area contributed by atoms with Crippen LogP contribution in [0.4, 0.5) is 0 Å². The average molecular weight is 425 g/mol. The third kappa shape index (κ3) is 4.09. The van der Waals surface area contributed by atoms with Crippen LogP contribution in [0, 0.1) is 27.7 Å². The molecule has 0 saturated carbocycles. The normalized spacial score (nSPS) is 10.8. The molecular formula is C28H28N2O2. The Morgan fingerprint density at radius 2 is 0.875 bits per heavy atom. The van der Waals surface area contributed by atoms with Crippen LogP contribution in [-0.2, 0) is 0 Å². The number of benzene rings is 2. The standard InChI is InChI=1S/C28H28N2O2/c1-17-11-23(31-5)12-18(2)27(17)21-7-9-29-25(15-21)26-16-22(8-10-30-26)28-19(3)13-24(32-6)14-20(28)4/h7-16H,1-6H3.